The highest BCUT2D eigenvalue weighted by molar-refractivity contribution is 5.80. The number of urea groups is 1. The van der Waals surface area contributed by atoms with Crippen molar-refractivity contribution in [2.24, 2.45) is 0 Å². The highest BCUT2D eigenvalue weighted by Crippen LogP contribution is 1.99. The van der Waals surface area contributed by atoms with Crippen molar-refractivity contribution in [2.45, 2.75) is 0 Å². The molecule has 0 bridgehead atoms. The van der Waals surface area contributed by atoms with Gasteiger partial charge in [-0.15, -0.1) is 6.42 Å². The molecule has 7 heteroatoms. The normalized spacial score (nSPS) is 9.61. The van der Waals surface area contributed by atoms with Gasteiger partial charge in [0, 0.05) is 20.2 Å². The number of hydrogen-bond acceptors (Lipinski definition) is 4. The summed E-state index contributed by atoms with van der Waals surface area (Å²) >= 11 is 0. The van der Waals surface area contributed by atoms with Crippen LogP contribution in [0.5, 0.6) is 0 Å². The van der Waals surface area contributed by atoms with Crippen LogP contribution in [0.1, 0.15) is 0 Å². The molecular weight excluding hydrogens is 240 g/mol. The first kappa shape index (κ1) is 16.2. The van der Waals surface area contributed by atoms with Gasteiger partial charge in [0.1, 0.15) is 6.54 Å². The van der Waals surface area contributed by atoms with Crippen LogP contribution in [0.3, 0.4) is 0 Å². The van der Waals surface area contributed by atoms with E-state index in [1.54, 1.807) is 0 Å². The minimum Gasteiger partial charge on any atom is -0.480 e. The van der Waals surface area contributed by atoms with E-state index in [1.807, 2.05) is 0 Å². The number of aliphatic hydroxyl groups is 1. The first-order valence-corrected chi connectivity index (χ1v) is 5.35. The molecule has 0 atom stereocenters. The summed E-state index contributed by atoms with van der Waals surface area (Å²) in [5.41, 5.74) is 0. The summed E-state index contributed by atoms with van der Waals surface area (Å²) in [5, 5.41) is 17.6. The molecule has 0 aromatic carbocycles. The van der Waals surface area contributed by atoms with Crippen LogP contribution in [0, 0.1) is 12.3 Å². The molecular formula is C11H18N2O5. The number of amides is 2. The van der Waals surface area contributed by atoms with E-state index in [0.29, 0.717) is 6.61 Å². The number of carbonyl (C=O) groups is 2. The Labute approximate surface area is 106 Å². The van der Waals surface area contributed by atoms with E-state index in [9.17, 15) is 9.59 Å². The third-order valence-electron chi connectivity index (χ3n) is 2.08. The zero-order valence-corrected chi connectivity index (χ0v) is 10.3. The monoisotopic (exact) mass is 258 g/mol. The molecule has 0 aliphatic rings. The second-order valence-corrected chi connectivity index (χ2v) is 3.44. The molecule has 0 aliphatic carbocycles. The molecule has 18 heavy (non-hydrogen) atoms. The standard InChI is InChI=1S/C11H18N2O5/c1-3-4-13(9-10(15)16)11(17)12(5-7-14)6-8-18-2/h1,14H,4-9H2,2H3,(H,15,16). The van der Waals surface area contributed by atoms with Crippen molar-refractivity contribution >= 4 is 12.0 Å². The van der Waals surface area contributed by atoms with Gasteiger partial charge in [-0.25, -0.2) is 4.79 Å². The van der Waals surface area contributed by atoms with Crippen molar-refractivity contribution in [2.75, 3.05) is 46.5 Å². The second kappa shape index (κ2) is 9.27. The van der Waals surface area contributed by atoms with Crippen molar-refractivity contribution < 1.29 is 24.5 Å². The lowest BCUT2D eigenvalue weighted by Crippen LogP contribution is -2.47. The van der Waals surface area contributed by atoms with E-state index in [4.69, 9.17) is 21.4 Å². The maximum Gasteiger partial charge on any atom is 0.323 e. The largest absolute Gasteiger partial charge is 0.480 e. The summed E-state index contributed by atoms with van der Waals surface area (Å²) in [4.78, 5) is 24.9. The van der Waals surface area contributed by atoms with E-state index in [-0.39, 0.29) is 26.2 Å². The highest BCUT2D eigenvalue weighted by Gasteiger charge is 2.21. The van der Waals surface area contributed by atoms with Gasteiger partial charge in [-0.2, -0.15) is 0 Å². The summed E-state index contributed by atoms with van der Waals surface area (Å²) in [6.07, 6.45) is 5.09. The number of methoxy groups -OCH3 is 1. The number of carboxylic acids is 1. The number of ether oxygens (including phenoxy) is 1. The summed E-state index contributed by atoms with van der Waals surface area (Å²) in [5.74, 6) is 1.08. The van der Waals surface area contributed by atoms with Crippen LogP contribution in [0.2, 0.25) is 0 Å². The van der Waals surface area contributed by atoms with E-state index in [1.165, 1.54) is 12.0 Å². The minimum absolute atomic E-state index is 0.0972. The molecule has 102 valence electrons. The maximum atomic E-state index is 12.0. The van der Waals surface area contributed by atoms with Gasteiger partial charge in [-0.05, 0) is 0 Å². The van der Waals surface area contributed by atoms with Crippen molar-refractivity contribution in [3.8, 4) is 12.3 Å². The lowest BCUT2D eigenvalue weighted by Gasteiger charge is -2.28. The Bertz CT molecular complexity index is 313. The molecule has 0 fully saturated rings. The number of carbonyl (C=O) groups excluding carboxylic acids is 1. The molecule has 0 spiro atoms. The van der Waals surface area contributed by atoms with Crippen LogP contribution in [-0.2, 0) is 9.53 Å². The van der Waals surface area contributed by atoms with Crippen LogP contribution in [-0.4, -0.2) is 78.5 Å². The fraction of sp³-hybridized carbons (Fsp3) is 0.636. The summed E-state index contributed by atoms with van der Waals surface area (Å²) in [7, 11) is 1.48. The summed E-state index contributed by atoms with van der Waals surface area (Å²) < 4.78 is 4.84. The Balaban J connectivity index is 4.65. The zero-order valence-electron chi connectivity index (χ0n) is 10.3. The average Bonchev–Trinajstić information content (AvgIpc) is 2.32. The van der Waals surface area contributed by atoms with E-state index >= 15 is 0 Å². The van der Waals surface area contributed by atoms with E-state index in [0.717, 1.165) is 4.90 Å². The van der Waals surface area contributed by atoms with Crippen molar-refractivity contribution in [1.29, 1.82) is 0 Å². The lowest BCUT2D eigenvalue weighted by atomic mass is 10.4. The molecule has 7 nitrogen and oxygen atoms in total. The molecule has 0 saturated carbocycles. The summed E-state index contributed by atoms with van der Waals surface area (Å²) in [6, 6.07) is -0.526. The summed E-state index contributed by atoms with van der Waals surface area (Å²) in [6.45, 7) is -0.132. The highest BCUT2D eigenvalue weighted by atomic mass is 16.5. The Morgan fingerprint density at radius 3 is 2.44 bits per heavy atom. The molecule has 0 unspecified atom stereocenters. The Hall–Kier alpha value is -1.78. The molecule has 0 aliphatic heterocycles. The molecule has 0 aromatic heterocycles. The number of terminal acetylenes is 1. The van der Waals surface area contributed by atoms with Gasteiger partial charge in [0.05, 0.1) is 19.8 Å². The predicted molar refractivity (Wildman–Crippen MR) is 64.0 cm³/mol. The van der Waals surface area contributed by atoms with E-state index < -0.39 is 18.5 Å². The Morgan fingerprint density at radius 2 is 2.00 bits per heavy atom. The average molecular weight is 258 g/mol. The predicted octanol–water partition coefficient (Wildman–Crippen LogP) is -0.933. The number of aliphatic carboxylic acids is 1. The van der Waals surface area contributed by atoms with Crippen molar-refractivity contribution in [3.05, 3.63) is 0 Å². The number of aliphatic hydroxyl groups excluding tert-OH is 1. The third kappa shape index (κ3) is 6.08. The first-order valence-electron chi connectivity index (χ1n) is 5.35. The number of nitrogens with zero attached hydrogens (tertiary/aromatic N) is 2. The van der Waals surface area contributed by atoms with Crippen LogP contribution in [0.15, 0.2) is 0 Å². The number of carboxylic acid groups (broad SMARTS) is 1. The minimum atomic E-state index is -1.14. The second-order valence-electron chi connectivity index (χ2n) is 3.44. The fourth-order valence-corrected chi connectivity index (χ4v) is 1.29. The van der Waals surface area contributed by atoms with Crippen LogP contribution >= 0.6 is 0 Å². The van der Waals surface area contributed by atoms with Crippen LogP contribution in [0.25, 0.3) is 0 Å². The molecule has 0 saturated heterocycles. The lowest BCUT2D eigenvalue weighted by molar-refractivity contribution is -0.137. The SMILES string of the molecule is C#CCN(CC(=O)O)C(=O)N(CCO)CCOC. The Morgan fingerprint density at radius 1 is 1.33 bits per heavy atom. The van der Waals surface area contributed by atoms with Crippen LogP contribution < -0.4 is 0 Å². The smallest absolute Gasteiger partial charge is 0.323 e. The topological polar surface area (TPSA) is 90.3 Å². The molecule has 0 rings (SSSR count). The van der Waals surface area contributed by atoms with Gasteiger partial charge in [-0.3, -0.25) is 4.79 Å². The van der Waals surface area contributed by atoms with E-state index in [2.05, 4.69) is 5.92 Å². The molecule has 0 heterocycles. The molecule has 0 aromatic rings. The van der Waals surface area contributed by atoms with Gasteiger partial charge in [0.2, 0.25) is 0 Å². The maximum absolute atomic E-state index is 12.0. The quantitative estimate of drug-likeness (QED) is 0.549. The zero-order chi connectivity index (χ0) is 14.0. The Kier molecular flexibility index (Phi) is 8.35. The number of rotatable bonds is 8. The van der Waals surface area contributed by atoms with Gasteiger partial charge in [-0.1, -0.05) is 5.92 Å². The van der Waals surface area contributed by atoms with Crippen molar-refractivity contribution in [1.82, 2.24) is 9.80 Å². The number of hydrogen-bond donors (Lipinski definition) is 2. The van der Waals surface area contributed by atoms with Gasteiger partial charge < -0.3 is 24.7 Å². The molecule has 0 radical (unpaired) electrons. The fourth-order valence-electron chi connectivity index (χ4n) is 1.29. The first-order chi connectivity index (χ1) is 8.56. The van der Waals surface area contributed by atoms with Gasteiger partial charge in [0.15, 0.2) is 0 Å². The van der Waals surface area contributed by atoms with Gasteiger partial charge in [0.25, 0.3) is 0 Å². The van der Waals surface area contributed by atoms with Gasteiger partial charge >= 0.3 is 12.0 Å². The molecule has 2 amide bonds. The molecule has 2 N–H and O–H groups in total. The van der Waals surface area contributed by atoms with Crippen molar-refractivity contribution in [3.63, 3.8) is 0 Å². The third-order valence-corrected chi connectivity index (χ3v) is 2.08. The van der Waals surface area contributed by atoms with Crippen LogP contribution in [0.4, 0.5) is 4.79 Å².